The Kier molecular flexibility index (Phi) is 4.47. The van der Waals surface area contributed by atoms with Crippen LogP contribution in [-0.2, 0) is 0 Å². The summed E-state index contributed by atoms with van der Waals surface area (Å²) in [5.74, 6) is 0.175. The van der Waals surface area contributed by atoms with Gasteiger partial charge in [0, 0.05) is 35.1 Å². The third-order valence-electron chi connectivity index (χ3n) is 6.39. The highest BCUT2D eigenvalue weighted by Crippen LogP contribution is 2.42. The Morgan fingerprint density at radius 2 is 1.87 bits per heavy atom. The van der Waals surface area contributed by atoms with Gasteiger partial charge in [-0.15, -0.1) is 5.10 Å². The van der Waals surface area contributed by atoms with Gasteiger partial charge in [0.05, 0.1) is 23.4 Å². The minimum atomic E-state index is 0.175. The van der Waals surface area contributed by atoms with E-state index in [9.17, 15) is 5.11 Å². The third-order valence-corrected chi connectivity index (χ3v) is 6.39. The van der Waals surface area contributed by atoms with E-state index < -0.39 is 0 Å². The molecule has 2 bridgehead atoms. The first-order valence-electron chi connectivity index (χ1n) is 10.6. The van der Waals surface area contributed by atoms with Crippen LogP contribution >= 0.6 is 0 Å². The number of nitrogens with zero attached hydrogens (tertiary/aromatic N) is 4. The molecule has 0 spiro atoms. The first-order valence-corrected chi connectivity index (χ1v) is 10.6. The molecule has 0 aliphatic carbocycles. The second-order valence-corrected chi connectivity index (χ2v) is 9.27. The van der Waals surface area contributed by atoms with E-state index in [1.54, 1.807) is 18.6 Å². The molecule has 0 unspecified atom stereocenters. The molecule has 0 amide bonds. The number of hydrogen-bond donors (Lipinski definition) is 2. The number of imidazole rings is 1. The van der Waals surface area contributed by atoms with Crippen LogP contribution < -0.4 is 5.32 Å². The van der Waals surface area contributed by atoms with Gasteiger partial charge < -0.3 is 15.0 Å². The minimum Gasteiger partial charge on any atom is -0.507 e. The number of fused-ring (bicyclic) bond motifs is 2. The fourth-order valence-corrected chi connectivity index (χ4v) is 5.24. The van der Waals surface area contributed by atoms with Gasteiger partial charge in [-0.25, -0.2) is 4.98 Å². The summed E-state index contributed by atoms with van der Waals surface area (Å²) in [6.07, 6.45) is 13.3. The van der Waals surface area contributed by atoms with Gasteiger partial charge in [-0.05, 0) is 76.3 Å². The van der Waals surface area contributed by atoms with E-state index in [2.05, 4.69) is 40.4 Å². The molecule has 0 saturated carbocycles. The van der Waals surface area contributed by atoms with Crippen LogP contribution in [0.4, 0.5) is 0 Å². The van der Waals surface area contributed by atoms with Gasteiger partial charge in [0.15, 0.2) is 0 Å². The van der Waals surface area contributed by atoms with E-state index in [4.69, 9.17) is 0 Å². The summed E-state index contributed by atoms with van der Waals surface area (Å²) in [6.45, 7) is 4.67. The van der Waals surface area contributed by atoms with Crippen LogP contribution in [-0.4, -0.2) is 35.9 Å². The van der Waals surface area contributed by atoms with Gasteiger partial charge in [0.2, 0.25) is 0 Å². The summed E-state index contributed by atoms with van der Waals surface area (Å²) in [7, 11) is 0. The molecular formula is C24H27N5O. The number of benzene rings is 1. The van der Waals surface area contributed by atoms with Gasteiger partial charge in [0.1, 0.15) is 5.75 Å². The Labute approximate surface area is 176 Å². The SMILES string of the molecule is C[C@]12CCC[C@](C)(CC(=Cc3ccc(-c4ccc(-n5ccnc5)cc4O)nn3)C1)N2. The van der Waals surface area contributed by atoms with Crippen molar-refractivity contribution in [2.75, 3.05) is 0 Å². The smallest absolute Gasteiger partial charge is 0.127 e. The number of phenols is 1. The van der Waals surface area contributed by atoms with Crippen LogP contribution in [0.25, 0.3) is 23.0 Å². The molecule has 3 aromatic rings. The molecule has 2 aliphatic rings. The predicted molar refractivity (Wildman–Crippen MR) is 117 cm³/mol. The van der Waals surface area contributed by atoms with Crippen molar-refractivity contribution in [1.29, 1.82) is 0 Å². The molecule has 2 saturated heterocycles. The van der Waals surface area contributed by atoms with Crippen molar-refractivity contribution in [3.05, 3.63) is 60.3 Å². The predicted octanol–water partition coefficient (Wildman–Crippen LogP) is 4.50. The Hall–Kier alpha value is -2.99. The van der Waals surface area contributed by atoms with Crippen LogP contribution in [0.15, 0.2) is 54.6 Å². The van der Waals surface area contributed by atoms with Crippen LogP contribution in [0, 0.1) is 0 Å². The molecule has 2 aromatic heterocycles. The average molecular weight is 402 g/mol. The Balaban J connectivity index is 1.38. The van der Waals surface area contributed by atoms with E-state index in [0.717, 1.165) is 24.2 Å². The molecule has 2 atom stereocenters. The van der Waals surface area contributed by atoms with Crippen LogP contribution in [0.3, 0.4) is 0 Å². The van der Waals surface area contributed by atoms with Crippen molar-refractivity contribution < 1.29 is 5.11 Å². The van der Waals surface area contributed by atoms with E-state index in [-0.39, 0.29) is 16.8 Å². The lowest BCUT2D eigenvalue weighted by Gasteiger charge is -2.51. The van der Waals surface area contributed by atoms with Crippen molar-refractivity contribution >= 4 is 6.08 Å². The Morgan fingerprint density at radius 3 is 2.50 bits per heavy atom. The van der Waals surface area contributed by atoms with Crippen molar-refractivity contribution in [2.45, 2.75) is 57.0 Å². The number of nitrogens with one attached hydrogen (secondary N) is 1. The highest BCUT2D eigenvalue weighted by Gasteiger charge is 2.43. The molecule has 2 aliphatic heterocycles. The highest BCUT2D eigenvalue weighted by molar-refractivity contribution is 5.69. The fraction of sp³-hybridized carbons (Fsp3) is 0.375. The molecule has 30 heavy (non-hydrogen) atoms. The number of aromatic nitrogens is 4. The lowest BCUT2D eigenvalue weighted by Crippen LogP contribution is -2.61. The molecule has 154 valence electrons. The number of phenolic OH excluding ortho intramolecular Hbond substituents is 1. The summed E-state index contributed by atoms with van der Waals surface area (Å²) in [5, 5.41) is 23.2. The molecule has 0 radical (unpaired) electrons. The topological polar surface area (TPSA) is 75.9 Å². The number of hydrogen-bond acceptors (Lipinski definition) is 5. The summed E-state index contributed by atoms with van der Waals surface area (Å²) >= 11 is 0. The molecule has 6 heteroatoms. The number of aromatic hydroxyl groups is 1. The number of rotatable bonds is 3. The quantitative estimate of drug-likeness (QED) is 0.676. The standard InChI is InChI=1S/C24H27N5O/c1-23-8-3-9-24(2,28-23)15-17(14-23)12-18-4-7-21(27-26-18)20-6-5-19(13-22(20)30)29-11-10-25-16-29/h4-7,10-13,16,28,30H,3,8-9,14-15H2,1-2H3/t23-,24+. The first-order chi connectivity index (χ1) is 14.4. The van der Waals surface area contributed by atoms with Gasteiger partial charge in [-0.1, -0.05) is 5.57 Å². The molecule has 1 aromatic carbocycles. The minimum absolute atomic E-state index is 0.175. The van der Waals surface area contributed by atoms with Crippen LogP contribution in [0.5, 0.6) is 5.75 Å². The zero-order valence-electron chi connectivity index (χ0n) is 17.5. The van der Waals surface area contributed by atoms with Crippen molar-refractivity contribution in [2.24, 2.45) is 0 Å². The van der Waals surface area contributed by atoms with Gasteiger partial charge >= 0.3 is 0 Å². The van der Waals surface area contributed by atoms with Crippen LogP contribution in [0.1, 0.15) is 51.6 Å². The van der Waals surface area contributed by atoms with E-state index in [0.29, 0.717) is 11.3 Å². The lowest BCUT2D eigenvalue weighted by molar-refractivity contribution is 0.124. The molecule has 2 N–H and O–H groups in total. The summed E-state index contributed by atoms with van der Waals surface area (Å²) in [6, 6.07) is 9.42. The monoisotopic (exact) mass is 401 g/mol. The summed E-state index contributed by atoms with van der Waals surface area (Å²) in [5.41, 5.74) is 4.86. The molecule has 5 rings (SSSR count). The van der Waals surface area contributed by atoms with Gasteiger partial charge in [0.25, 0.3) is 0 Å². The molecule has 4 heterocycles. The second-order valence-electron chi connectivity index (χ2n) is 9.27. The molecular weight excluding hydrogens is 374 g/mol. The fourth-order valence-electron chi connectivity index (χ4n) is 5.24. The third kappa shape index (κ3) is 3.63. The second kappa shape index (κ2) is 7.06. The average Bonchev–Trinajstić information content (AvgIpc) is 3.22. The van der Waals surface area contributed by atoms with Crippen LogP contribution in [0.2, 0.25) is 0 Å². The van der Waals surface area contributed by atoms with E-state index >= 15 is 0 Å². The van der Waals surface area contributed by atoms with E-state index in [1.807, 2.05) is 35.0 Å². The first kappa shape index (κ1) is 19.0. The van der Waals surface area contributed by atoms with Crippen molar-refractivity contribution in [1.82, 2.24) is 25.1 Å². The maximum Gasteiger partial charge on any atom is 0.127 e. The highest BCUT2D eigenvalue weighted by atomic mass is 16.3. The lowest BCUT2D eigenvalue weighted by atomic mass is 9.69. The molecule has 2 fully saturated rings. The summed E-state index contributed by atoms with van der Waals surface area (Å²) in [4.78, 5) is 4.04. The zero-order chi connectivity index (χ0) is 20.8. The summed E-state index contributed by atoms with van der Waals surface area (Å²) < 4.78 is 1.85. The number of piperidine rings is 2. The van der Waals surface area contributed by atoms with Gasteiger partial charge in [-0.2, -0.15) is 5.10 Å². The Bertz CT molecular complexity index is 1070. The van der Waals surface area contributed by atoms with E-state index in [1.165, 1.54) is 24.8 Å². The maximum absolute atomic E-state index is 10.5. The maximum atomic E-state index is 10.5. The van der Waals surface area contributed by atoms with Crippen molar-refractivity contribution in [3.63, 3.8) is 0 Å². The van der Waals surface area contributed by atoms with Gasteiger partial charge in [-0.3, -0.25) is 0 Å². The van der Waals surface area contributed by atoms with Crippen molar-refractivity contribution in [3.8, 4) is 22.7 Å². The Morgan fingerprint density at radius 1 is 1.07 bits per heavy atom. The molecule has 6 nitrogen and oxygen atoms in total. The largest absolute Gasteiger partial charge is 0.507 e. The zero-order valence-corrected chi connectivity index (χ0v) is 17.5. The normalized spacial score (nSPS) is 27.3.